The lowest BCUT2D eigenvalue weighted by Gasteiger charge is -2.41. The summed E-state index contributed by atoms with van der Waals surface area (Å²) in [5.41, 5.74) is 1.97. The highest BCUT2D eigenvalue weighted by Gasteiger charge is 2.29. The summed E-state index contributed by atoms with van der Waals surface area (Å²) in [6, 6.07) is 6.65. The Hall–Kier alpha value is -1.79. The summed E-state index contributed by atoms with van der Waals surface area (Å²) in [6.45, 7) is 7.23. The zero-order valence-electron chi connectivity index (χ0n) is 18.3. The molecule has 2 saturated heterocycles. The van der Waals surface area contributed by atoms with Gasteiger partial charge < -0.3 is 19.3 Å². The van der Waals surface area contributed by atoms with E-state index >= 15 is 0 Å². The molecule has 2 aliphatic heterocycles. The van der Waals surface area contributed by atoms with Gasteiger partial charge in [0.05, 0.1) is 13.7 Å². The van der Waals surface area contributed by atoms with Gasteiger partial charge in [-0.3, -0.25) is 5.32 Å². The van der Waals surface area contributed by atoms with Gasteiger partial charge in [-0.05, 0) is 95.0 Å². The molecule has 162 valence electrons. The molecule has 29 heavy (non-hydrogen) atoms. The van der Waals surface area contributed by atoms with Gasteiger partial charge in [0, 0.05) is 11.7 Å². The highest BCUT2D eigenvalue weighted by atomic mass is 16.5. The van der Waals surface area contributed by atoms with E-state index in [0.29, 0.717) is 12.5 Å². The van der Waals surface area contributed by atoms with Crippen molar-refractivity contribution in [3.63, 3.8) is 0 Å². The first-order valence-electron chi connectivity index (χ1n) is 11.1. The SMILES string of the molecule is CCCCOC(=O)Nc1ccc(OC)c(C2CCN(C3CCN(C)CC3)CC2)c1. The number of rotatable bonds is 7. The van der Waals surface area contributed by atoms with Crippen LogP contribution in [0.1, 0.15) is 56.9 Å². The number of likely N-dealkylation sites (tertiary alicyclic amines) is 2. The lowest BCUT2D eigenvalue weighted by atomic mass is 9.87. The molecule has 0 saturated carbocycles. The van der Waals surface area contributed by atoms with E-state index in [1.54, 1.807) is 7.11 Å². The predicted octanol–water partition coefficient (Wildman–Crippen LogP) is 4.32. The number of carbonyl (C=O) groups excluding carboxylic acids is 1. The molecule has 0 atom stereocenters. The molecule has 0 bridgehead atoms. The number of amides is 1. The molecule has 2 heterocycles. The van der Waals surface area contributed by atoms with Crippen LogP contribution < -0.4 is 10.1 Å². The van der Waals surface area contributed by atoms with Crippen LogP contribution in [0.25, 0.3) is 0 Å². The molecule has 0 spiro atoms. The Balaban J connectivity index is 1.58. The molecule has 3 rings (SSSR count). The lowest BCUT2D eigenvalue weighted by molar-refractivity contribution is 0.0963. The van der Waals surface area contributed by atoms with Crippen LogP contribution in [0.15, 0.2) is 18.2 Å². The third-order valence-electron chi connectivity index (χ3n) is 6.38. The Morgan fingerprint density at radius 2 is 1.86 bits per heavy atom. The minimum atomic E-state index is -0.383. The number of piperidine rings is 2. The van der Waals surface area contributed by atoms with E-state index in [-0.39, 0.29) is 6.09 Å². The first-order chi connectivity index (χ1) is 14.1. The summed E-state index contributed by atoms with van der Waals surface area (Å²) in [4.78, 5) is 17.1. The number of carbonyl (C=O) groups is 1. The molecular weight excluding hydrogens is 366 g/mol. The first kappa shape index (κ1) is 21.9. The lowest BCUT2D eigenvalue weighted by Crippen LogP contribution is -2.46. The van der Waals surface area contributed by atoms with Crippen molar-refractivity contribution in [1.82, 2.24) is 9.80 Å². The van der Waals surface area contributed by atoms with Crippen LogP contribution >= 0.6 is 0 Å². The van der Waals surface area contributed by atoms with Gasteiger partial charge in [0.25, 0.3) is 0 Å². The number of unbranched alkanes of at least 4 members (excludes halogenated alkanes) is 1. The molecule has 0 aliphatic carbocycles. The van der Waals surface area contributed by atoms with Crippen LogP contribution in [0.5, 0.6) is 5.75 Å². The van der Waals surface area contributed by atoms with Crippen LogP contribution in [-0.2, 0) is 4.74 Å². The fourth-order valence-corrected chi connectivity index (χ4v) is 4.53. The van der Waals surface area contributed by atoms with Crippen LogP contribution in [-0.4, -0.2) is 68.9 Å². The van der Waals surface area contributed by atoms with Crippen molar-refractivity contribution < 1.29 is 14.3 Å². The second-order valence-corrected chi connectivity index (χ2v) is 8.42. The van der Waals surface area contributed by atoms with Gasteiger partial charge in [-0.15, -0.1) is 0 Å². The maximum atomic E-state index is 12.0. The fraction of sp³-hybridized carbons (Fsp3) is 0.696. The number of anilines is 1. The molecule has 1 aromatic rings. The summed E-state index contributed by atoms with van der Waals surface area (Å²) < 4.78 is 10.9. The van der Waals surface area contributed by atoms with Crippen molar-refractivity contribution in [2.75, 3.05) is 52.3 Å². The molecule has 6 nitrogen and oxygen atoms in total. The maximum absolute atomic E-state index is 12.0. The summed E-state index contributed by atoms with van der Waals surface area (Å²) in [5.74, 6) is 1.37. The topological polar surface area (TPSA) is 54.0 Å². The van der Waals surface area contributed by atoms with Gasteiger partial charge in [0.2, 0.25) is 0 Å². The summed E-state index contributed by atoms with van der Waals surface area (Å²) in [6.07, 6.45) is 6.34. The van der Waals surface area contributed by atoms with Crippen molar-refractivity contribution >= 4 is 11.8 Å². The van der Waals surface area contributed by atoms with Crippen LogP contribution in [0.2, 0.25) is 0 Å². The molecule has 0 unspecified atom stereocenters. The highest BCUT2D eigenvalue weighted by molar-refractivity contribution is 5.84. The Bertz CT molecular complexity index is 651. The average molecular weight is 404 g/mol. The van der Waals surface area contributed by atoms with E-state index in [4.69, 9.17) is 9.47 Å². The van der Waals surface area contributed by atoms with Crippen molar-refractivity contribution in [3.8, 4) is 5.75 Å². The number of nitrogens with zero attached hydrogens (tertiary/aromatic N) is 2. The molecular formula is C23H37N3O3. The Morgan fingerprint density at radius 3 is 2.52 bits per heavy atom. The van der Waals surface area contributed by atoms with E-state index in [0.717, 1.165) is 56.3 Å². The average Bonchev–Trinajstić information content (AvgIpc) is 2.74. The third-order valence-corrected chi connectivity index (χ3v) is 6.38. The molecule has 1 amide bonds. The van der Waals surface area contributed by atoms with Crippen molar-refractivity contribution in [2.45, 2.75) is 57.4 Å². The van der Waals surface area contributed by atoms with Crippen LogP contribution in [0.3, 0.4) is 0 Å². The van der Waals surface area contributed by atoms with E-state index < -0.39 is 0 Å². The Labute approximate surface area is 175 Å². The highest BCUT2D eigenvalue weighted by Crippen LogP contribution is 2.37. The maximum Gasteiger partial charge on any atom is 0.411 e. The minimum absolute atomic E-state index is 0.383. The minimum Gasteiger partial charge on any atom is -0.496 e. The quantitative estimate of drug-likeness (QED) is 0.687. The Morgan fingerprint density at radius 1 is 1.14 bits per heavy atom. The molecule has 2 fully saturated rings. The normalized spacial score (nSPS) is 19.8. The standard InChI is InChI=1S/C23H37N3O3/c1-4-5-16-29-23(27)24-19-6-7-22(28-3)21(17-19)18-8-14-26(15-9-18)20-10-12-25(2)13-11-20/h6-7,17-18,20H,4-5,8-16H2,1-3H3,(H,24,27). The number of methoxy groups -OCH3 is 1. The monoisotopic (exact) mass is 403 g/mol. The largest absolute Gasteiger partial charge is 0.496 e. The van der Waals surface area contributed by atoms with E-state index in [2.05, 4.69) is 35.2 Å². The van der Waals surface area contributed by atoms with Crippen LogP contribution in [0.4, 0.5) is 10.5 Å². The number of nitrogens with one attached hydrogen (secondary N) is 1. The van der Waals surface area contributed by atoms with Crippen molar-refractivity contribution in [1.29, 1.82) is 0 Å². The van der Waals surface area contributed by atoms with E-state index in [1.807, 2.05) is 12.1 Å². The molecule has 0 aromatic heterocycles. The molecule has 1 aromatic carbocycles. The second kappa shape index (κ2) is 10.8. The number of hydrogen-bond donors (Lipinski definition) is 1. The molecule has 0 radical (unpaired) electrons. The van der Waals surface area contributed by atoms with E-state index in [1.165, 1.54) is 31.5 Å². The fourth-order valence-electron chi connectivity index (χ4n) is 4.53. The number of ether oxygens (including phenoxy) is 2. The second-order valence-electron chi connectivity index (χ2n) is 8.42. The summed E-state index contributed by atoms with van der Waals surface area (Å²) >= 11 is 0. The molecule has 2 aliphatic rings. The van der Waals surface area contributed by atoms with Gasteiger partial charge in [0.1, 0.15) is 5.75 Å². The molecule has 6 heteroatoms. The van der Waals surface area contributed by atoms with Gasteiger partial charge in [0.15, 0.2) is 0 Å². The zero-order valence-corrected chi connectivity index (χ0v) is 18.3. The van der Waals surface area contributed by atoms with Gasteiger partial charge in [-0.2, -0.15) is 0 Å². The van der Waals surface area contributed by atoms with Crippen molar-refractivity contribution in [2.24, 2.45) is 0 Å². The smallest absolute Gasteiger partial charge is 0.411 e. The van der Waals surface area contributed by atoms with Gasteiger partial charge in [-0.1, -0.05) is 13.3 Å². The third kappa shape index (κ3) is 6.09. The number of benzene rings is 1. The zero-order chi connectivity index (χ0) is 20.6. The van der Waals surface area contributed by atoms with Gasteiger partial charge >= 0.3 is 6.09 Å². The number of hydrogen-bond acceptors (Lipinski definition) is 5. The Kier molecular flexibility index (Phi) is 8.19. The summed E-state index contributed by atoms with van der Waals surface area (Å²) in [7, 11) is 3.94. The first-order valence-corrected chi connectivity index (χ1v) is 11.1. The van der Waals surface area contributed by atoms with Gasteiger partial charge in [-0.25, -0.2) is 4.79 Å². The van der Waals surface area contributed by atoms with E-state index in [9.17, 15) is 4.79 Å². The van der Waals surface area contributed by atoms with Crippen LogP contribution in [0, 0.1) is 0 Å². The van der Waals surface area contributed by atoms with Crippen molar-refractivity contribution in [3.05, 3.63) is 23.8 Å². The predicted molar refractivity (Wildman–Crippen MR) is 117 cm³/mol. The molecule has 1 N–H and O–H groups in total. The summed E-state index contributed by atoms with van der Waals surface area (Å²) in [5, 5.41) is 2.86.